The lowest BCUT2D eigenvalue weighted by atomic mass is 10.1. The number of aromatic nitrogens is 5. The first-order valence-corrected chi connectivity index (χ1v) is 8.38. The second-order valence-corrected chi connectivity index (χ2v) is 6.31. The smallest absolute Gasteiger partial charge is 0.235 e. The van der Waals surface area contributed by atoms with E-state index in [1.807, 2.05) is 24.3 Å². The van der Waals surface area contributed by atoms with Crippen molar-refractivity contribution < 1.29 is 0 Å². The molecule has 4 aromatic rings. The van der Waals surface area contributed by atoms with Crippen molar-refractivity contribution in [2.45, 2.75) is 19.3 Å². The van der Waals surface area contributed by atoms with Crippen LogP contribution in [0.25, 0.3) is 16.5 Å². The van der Waals surface area contributed by atoms with Crippen molar-refractivity contribution in [3.63, 3.8) is 0 Å². The van der Waals surface area contributed by atoms with Gasteiger partial charge in [-0.3, -0.25) is 4.98 Å². The SMILES string of the molecule is c1ccc(CCCc2nn3c(-c4ccccn4)nnc3s2)cc1. The van der Waals surface area contributed by atoms with Gasteiger partial charge in [-0.05, 0) is 30.5 Å². The van der Waals surface area contributed by atoms with Crippen LogP contribution in [0, 0.1) is 0 Å². The molecule has 0 unspecified atom stereocenters. The maximum Gasteiger partial charge on any atom is 0.235 e. The molecule has 3 aromatic heterocycles. The molecular weight excluding hydrogens is 306 g/mol. The van der Waals surface area contributed by atoms with Crippen molar-refractivity contribution in [2.24, 2.45) is 0 Å². The summed E-state index contributed by atoms with van der Waals surface area (Å²) in [5.41, 5.74) is 2.16. The van der Waals surface area contributed by atoms with Crippen molar-refractivity contribution in [2.75, 3.05) is 0 Å². The van der Waals surface area contributed by atoms with E-state index >= 15 is 0 Å². The zero-order chi connectivity index (χ0) is 15.5. The first kappa shape index (κ1) is 14.0. The monoisotopic (exact) mass is 321 g/mol. The molecule has 0 saturated carbocycles. The Balaban J connectivity index is 1.50. The number of rotatable bonds is 5. The third-order valence-electron chi connectivity index (χ3n) is 3.63. The fraction of sp³-hybridized carbons (Fsp3) is 0.176. The Kier molecular flexibility index (Phi) is 3.81. The zero-order valence-electron chi connectivity index (χ0n) is 12.5. The van der Waals surface area contributed by atoms with E-state index in [0.717, 1.165) is 34.9 Å². The summed E-state index contributed by atoms with van der Waals surface area (Å²) in [4.78, 5) is 5.14. The minimum absolute atomic E-state index is 0.700. The van der Waals surface area contributed by atoms with Crippen LogP contribution in [0.4, 0.5) is 0 Å². The van der Waals surface area contributed by atoms with Gasteiger partial charge in [0.25, 0.3) is 0 Å². The molecular formula is C17H15N5S. The molecule has 0 bridgehead atoms. The average molecular weight is 321 g/mol. The average Bonchev–Trinajstić information content (AvgIpc) is 3.17. The lowest BCUT2D eigenvalue weighted by Gasteiger charge is -1.99. The molecule has 0 atom stereocenters. The molecule has 0 amide bonds. The van der Waals surface area contributed by atoms with E-state index in [2.05, 4.69) is 44.5 Å². The van der Waals surface area contributed by atoms with Crippen LogP contribution in [0.3, 0.4) is 0 Å². The Hall–Kier alpha value is -2.60. The molecule has 0 radical (unpaired) electrons. The van der Waals surface area contributed by atoms with Crippen LogP contribution < -0.4 is 0 Å². The first-order valence-electron chi connectivity index (χ1n) is 7.56. The summed E-state index contributed by atoms with van der Waals surface area (Å²) < 4.78 is 1.80. The van der Waals surface area contributed by atoms with Crippen LogP contribution in [0.1, 0.15) is 17.0 Å². The fourth-order valence-electron chi connectivity index (χ4n) is 2.50. The van der Waals surface area contributed by atoms with Gasteiger partial charge < -0.3 is 0 Å². The van der Waals surface area contributed by atoms with Crippen LogP contribution in [0.15, 0.2) is 54.7 Å². The van der Waals surface area contributed by atoms with Gasteiger partial charge in [-0.2, -0.15) is 9.61 Å². The highest BCUT2D eigenvalue weighted by Gasteiger charge is 2.13. The minimum atomic E-state index is 0.700. The van der Waals surface area contributed by atoms with Gasteiger partial charge in [0.15, 0.2) is 0 Å². The molecule has 23 heavy (non-hydrogen) atoms. The van der Waals surface area contributed by atoms with Crippen LogP contribution >= 0.6 is 11.3 Å². The van der Waals surface area contributed by atoms with E-state index in [9.17, 15) is 0 Å². The topological polar surface area (TPSA) is 56.0 Å². The molecule has 0 aliphatic heterocycles. The number of pyridine rings is 1. The van der Waals surface area contributed by atoms with Crippen LogP contribution in [0.2, 0.25) is 0 Å². The second-order valence-electron chi connectivity index (χ2n) is 5.27. The van der Waals surface area contributed by atoms with Crippen molar-refractivity contribution in [1.29, 1.82) is 0 Å². The number of nitrogens with zero attached hydrogens (tertiary/aromatic N) is 5. The Morgan fingerprint density at radius 3 is 2.61 bits per heavy atom. The Labute approximate surface area is 137 Å². The summed E-state index contributed by atoms with van der Waals surface area (Å²) in [6.45, 7) is 0. The number of benzene rings is 1. The Morgan fingerprint density at radius 1 is 0.913 bits per heavy atom. The van der Waals surface area contributed by atoms with Gasteiger partial charge in [-0.15, -0.1) is 10.2 Å². The maximum absolute atomic E-state index is 4.65. The molecule has 1 aromatic carbocycles. The number of hydrogen-bond acceptors (Lipinski definition) is 5. The fourth-order valence-corrected chi connectivity index (χ4v) is 3.38. The van der Waals surface area contributed by atoms with Gasteiger partial charge in [0.2, 0.25) is 10.8 Å². The molecule has 0 fully saturated rings. The lowest BCUT2D eigenvalue weighted by Crippen LogP contribution is -1.95. The van der Waals surface area contributed by atoms with Crippen molar-refractivity contribution in [1.82, 2.24) is 24.8 Å². The first-order chi connectivity index (χ1) is 11.4. The Bertz CT molecular complexity index is 899. The summed E-state index contributed by atoms with van der Waals surface area (Å²) in [6, 6.07) is 16.3. The molecule has 0 aliphatic rings. The largest absolute Gasteiger partial charge is 0.253 e. The zero-order valence-corrected chi connectivity index (χ0v) is 13.3. The molecule has 5 nitrogen and oxygen atoms in total. The highest BCUT2D eigenvalue weighted by atomic mass is 32.1. The maximum atomic E-state index is 4.65. The van der Waals surface area contributed by atoms with E-state index < -0.39 is 0 Å². The standard InChI is InChI=1S/C17H15N5S/c1-2-7-13(8-3-1)9-6-11-15-21-22-16(19-20-17(22)23-15)14-10-4-5-12-18-14/h1-5,7-8,10,12H,6,9,11H2. The molecule has 6 heteroatoms. The summed E-state index contributed by atoms with van der Waals surface area (Å²) in [5.74, 6) is 0.700. The van der Waals surface area contributed by atoms with Gasteiger partial charge in [0.05, 0.1) is 0 Å². The Morgan fingerprint density at radius 2 is 1.78 bits per heavy atom. The molecule has 0 aliphatic carbocycles. The molecule has 4 rings (SSSR count). The number of hydrogen-bond donors (Lipinski definition) is 0. The van der Waals surface area contributed by atoms with Crippen molar-refractivity contribution in [3.8, 4) is 11.5 Å². The van der Waals surface area contributed by atoms with E-state index in [-0.39, 0.29) is 0 Å². The van der Waals surface area contributed by atoms with Crippen LogP contribution in [-0.2, 0) is 12.8 Å². The number of fused-ring (bicyclic) bond motifs is 1. The molecule has 0 spiro atoms. The third kappa shape index (κ3) is 2.98. The van der Waals surface area contributed by atoms with Crippen molar-refractivity contribution >= 4 is 16.3 Å². The van der Waals surface area contributed by atoms with Gasteiger partial charge in [-0.25, -0.2) is 0 Å². The highest BCUT2D eigenvalue weighted by Crippen LogP contribution is 2.21. The molecule has 0 saturated heterocycles. The van der Waals surface area contributed by atoms with Crippen LogP contribution in [-0.4, -0.2) is 24.8 Å². The highest BCUT2D eigenvalue weighted by molar-refractivity contribution is 7.16. The molecule has 114 valence electrons. The lowest BCUT2D eigenvalue weighted by molar-refractivity contribution is 0.789. The summed E-state index contributed by atoms with van der Waals surface area (Å²) in [7, 11) is 0. The van der Waals surface area contributed by atoms with E-state index in [1.54, 1.807) is 22.0 Å². The molecule has 3 heterocycles. The number of aryl methyl sites for hydroxylation is 2. The van der Waals surface area contributed by atoms with Gasteiger partial charge in [0, 0.05) is 12.6 Å². The predicted octanol–water partition coefficient (Wildman–Crippen LogP) is 3.42. The van der Waals surface area contributed by atoms with Crippen molar-refractivity contribution in [3.05, 3.63) is 65.3 Å². The predicted molar refractivity (Wildman–Crippen MR) is 90.4 cm³/mol. The minimum Gasteiger partial charge on any atom is -0.253 e. The van der Waals surface area contributed by atoms with Gasteiger partial charge in [0.1, 0.15) is 10.7 Å². The van der Waals surface area contributed by atoms with E-state index in [4.69, 9.17) is 0 Å². The summed E-state index contributed by atoms with van der Waals surface area (Å²) in [6.07, 6.45) is 4.84. The van der Waals surface area contributed by atoms with Gasteiger partial charge in [-0.1, -0.05) is 47.7 Å². The van der Waals surface area contributed by atoms with Gasteiger partial charge >= 0.3 is 0 Å². The second kappa shape index (κ2) is 6.26. The third-order valence-corrected chi connectivity index (χ3v) is 4.58. The van der Waals surface area contributed by atoms with E-state index in [0.29, 0.717) is 5.82 Å². The molecule has 0 N–H and O–H groups in total. The van der Waals surface area contributed by atoms with Crippen LogP contribution in [0.5, 0.6) is 0 Å². The van der Waals surface area contributed by atoms with E-state index in [1.165, 1.54) is 5.56 Å². The summed E-state index contributed by atoms with van der Waals surface area (Å²) in [5, 5.41) is 14.1. The summed E-state index contributed by atoms with van der Waals surface area (Å²) >= 11 is 1.60. The normalized spacial score (nSPS) is 11.1. The quantitative estimate of drug-likeness (QED) is 0.565.